The summed E-state index contributed by atoms with van der Waals surface area (Å²) in [6.45, 7) is 4.07. The zero-order chi connectivity index (χ0) is 17.1. The fraction of sp³-hybridized carbons (Fsp3) is 0.846. The van der Waals surface area contributed by atoms with Crippen molar-refractivity contribution in [1.29, 1.82) is 0 Å². The number of alkyl carbamates (subject to hydrolysis) is 1. The first-order valence-electron chi connectivity index (χ1n) is 6.89. The molecular formula is C13H20F4N2O3. The Kier molecular flexibility index (Phi) is 5.64. The first kappa shape index (κ1) is 18.5. The number of piperidine rings is 1. The Hall–Kier alpha value is -1.54. The van der Waals surface area contributed by atoms with Crippen LogP contribution in [0.25, 0.3) is 0 Å². The van der Waals surface area contributed by atoms with Gasteiger partial charge in [0.15, 0.2) is 0 Å². The Morgan fingerprint density at radius 3 is 2.32 bits per heavy atom. The molecule has 2 amide bonds. The van der Waals surface area contributed by atoms with Gasteiger partial charge in [-0.2, -0.15) is 13.2 Å². The van der Waals surface area contributed by atoms with E-state index in [0.717, 1.165) is 0 Å². The minimum atomic E-state index is -5.07. The lowest BCUT2D eigenvalue weighted by atomic mass is 10.0. The molecule has 1 aliphatic rings. The van der Waals surface area contributed by atoms with Crippen LogP contribution in [0.3, 0.4) is 0 Å². The number of amides is 2. The molecule has 0 bridgehead atoms. The summed E-state index contributed by atoms with van der Waals surface area (Å²) in [6.07, 6.45) is -7.28. The molecule has 1 N–H and O–H groups in total. The van der Waals surface area contributed by atoms with Gasteiger partial charge in [0.25, 0.3) is 0 Å². The van der Waals surface area contributed by atoms with Crippen molar-refractivity contribution in [3.63, 3.8) is 0 Å². The molecule has 0 spiro atoms. The zero-order valence-corrected chi connectivity index (χ0v) is 12.7. The SMILES string of the molecule is CC(C)(C)OC(=O)NCC1CCC(F)CN1C(=O)C(F)(F)F. The molecule has 5 nitrogen and oxygen atoms in total. The number of likely N-dealkylation sites (tertiary alicyclic amines) is 1. The maximum Gasteiger partial charge on any atom is 0.471 e. The molecule has 0 saturated carbocycles. The topological polar surface area (TPSA) is 58.6 Å². The maximum atomic E-state index is 13.3. The summed E-state index contributed by atoms with van der Waals surface area (Å²) in [5.41, 5.74) is -0.748. The summed E-state index contributed by atoms with van der Waals surface area (Å²) in [4.78, 5) is 23.3. The van der Waals surface area contributed by atoms with Gasteiger partial charge in [-0.05, 0) is 33.6 Å². The van der Waals surface area contributed by atoms with Gasteiger partial charge in [0.05, 0.1) is 6.54 Å². The van der Waals surface area contributed by atoms with Crippen LogP contribution in [0, 0.1) is 0 Å². The number of carbonyl (C=O) groups is 2. The molecule has 128 valence electrons. The molecule has 0 aromatic heterocycles. The Balaban J connectivity index is 2.66. The minimum absolute atomic E-state index is 0.0405. The quantitative estimate of drug-likeness (QED) is 0.792. The number of carbonyl (C=O) groups excluding carboxylic acids is 2. The van der Waals surface area contributed by atoms with Crippen molar-refractivity contribution in [3.05, 3.63) is 0 Å². The summed E-state index contributed by atoms with van der Waals surface area (Å²) >= 11 is 0. The number of hydrogen-bond donors (Lipinski definition) is 1. The summed E-state index contributed by atoms with van der Waals surface area (Å²) in [5, 5.41) is 2.32. The average Bonchev–Trinajstić information content (AvgIpc) is 2.33. The summed E-state index contributed by atoms with van der Waals surface area (Å²) in [6, 6.07) is -0.909. The van der Waals surface area contributed by atoms with Crippen LogP contribution < -0.4 is 5.32 Å². The molecule has 1 heterocycles. The summed E-state index contributed by atoms with van der Waals surface area (Å²) in [7, 11) is 0. The van der Waals surface area contributed by atoms with Gasteiger partial charge in [-0.15, -0.1) is 0 Å². The lowest BCUT2D eigenvalue weighted by Gasteiger charge is -2.37. The summed E-state index contributed by atoms with van der Waals surface area (Å²) in [5.74, 6) is -2.09. The number of rotatable bonds is 2. The van der Waals surface area contributed by atoms with Crippen LogP contribution in [0.1, 0.15) is 33.6 Å². The Labute approximate surface area is 126 Å². The van der Waals surface area contributed by atoms with Gasteiger partial charge >= 0.3 is 18.2 Å². The second-order valence-corrected chi connectivity index (χ2v) is 6.17. The molecule has 0 aliphatic carbocycles. The van der Waals surface area contributed by atoms with E-state index in [1.165, 1.54) is 0 Å². The fourth-order valence-corrected chi connectivity index (χ4v) is 2.12. The predicted octanol–water partition coefficient (Wildman–Crippen LogP) is 2.40. The number of alkyl halides is 4. The zero-order valence-electron chi connectivity index (χ0n) is 12.7. The van der Waals surface area contributed by atoms with E-state index in [2.05, 4.69) is 5.32 Å². The number of halogens is 4. The highest BCUT2D eigenvalue weighted by atomic mass is 19.4. The van der Waals surface area contributed by atoms with Crippen LogP contribution in [0.4, 0.5) is 22.4 Å². The summed E-state index contributed by atoms with van der Waals surface area (Å²) < 4.78 is 55.9. The standard InChI is InChI=1S/C13H20F4N2O3/c1-12(2,3)22-11(21)18-6-9-5-4-8(14)7-19(9)10(20)13(15,16)17/h8-9H,4-7H2,1-3H3,(H,18,21). The molecule has 1 saturated heterocycles. The van der Waals surface area contributed by atoms with Crippen LogP contribution in [0.5, 0.6) is 0 Å². The molecule has 22 heavy (non-hydrogen) atoms. The molecule has 2 unspecified atom stereocenters. The second kappa shape index (κ2) is 6.70. The second-order valence-electron chi connectivity index (χ2n) is 6.17. The van der Waals surface area contributed by atoms with E-state index in [9.17, 15) is 27.2 Å². The van der Waals surface area contributed by atoms with Crippen molar-refractivity contribution < 1.29 is 31.9 Å². The van der Waals surface area contributed by atoms with E-state index >= 15 is 0 Å². The van der Waals surface area contributed by atoms with E-state index in [1.54, 1.807) is 20.8 Å². The van der Waals surface area contributed by atoms with Crippen LogP contribution >= 0.6 is 0 Å². The van der Waals surface area contributed by atoms with Crippen LogP contribution in [-0.4, -0.2) is 54.0 Å². The largest absolute Gasteiger partial charge is 0.471 e. The van der Waals surface area contributed by atoms with Crippen molar-refractivity contribution >= 4 is 12.0 Å². The minimum Gasteiger partial charge on any atom is -0.444 e. The number of ether oxygens (including phenoxy) is 1. The number of nitrogens with one attached hydrogen (secondary N) is 1. The van der Waals surface area contributed by atoms with Crippen molar-refractivity contribution in [1.82, 2.24) is 10.2 Å². The third-order valence-corrected chi connectivity index (χ3v) is 3.03. The molecule has 1 rings (SSSR count). The highest BCUT2D eigenvalue weighted by molar-refractivity contribution is 5.82. The van der Waals surface area contributed by atoms with Crippen LogP contribution in [0.2, 0.25) is 0 Å². The molecule has 1 aliphatic heterocycles. The molecule has 9 heteroatoms. The van der Waals surface area contributed by atoms with Gasteiger partial charge < -0.3 is 15.0 Å². The molecule has 0 aromatic rings. The third kappa shape index (κ3) is 5.69. The van der Waals surface area contributed by atoms with E-state index in [1.807, 2.05) is 0 Å². The maximum absolute atomic E-state index is 13.3. The van der Waals surface area contributed by atoms with Crippen LogP contribution in [-0.2, 0) is 9.53 Å². The third-order valence-electron chi connectivity index (χ3n) is 3.03. The van der Waals surface area contributed by atoms with E-state index < -0.39 is 42.5 Å². The van der Waals surface area contributed by atoms with Gasteiger partial charge in [0.1, 0.15) is 11.8 Å². The predicted molar refractivity (Wildman–Crippen MR) is 69.9 cm³/mol. The van der Waals surface area contributed by atoms with Gasteiger partial charge in [0, 0.05) is 12.6 Å². The first-order chi connectivity index (χ1) is 9.90. The smallest absolute Gasteiger partial charge is 0.444 e. The first-order valence-corrected chi connectivity index (χ1v) is 6.89. The lowest BCUT2D eigenvalue weighted by molar-refractivity contribution is -0.190. The van der Waals surface area contributed by atoms with E-state index in [-0.39, 0.29) is 19.4 Å². The average molecular weight is 328 g/mol. The van der Waals surface area contributed by atoms with Crippen molar-refractivity contribution in [2.75, 3.05) is 13.1 Å². The highest BCUT2D eigenvalue weighted by Crippen LogP contribution is 2.26. The molecule has 2 atom stereocenters. The number of hydrogen-bond acceptors (Lipinski definition) is 3. The molecule has 1 fully saturated rings. The van der Waals surface area contributed by atoms with E-state index in [0.29, 0.717) is 4.90 Å². The van der Waals surface area contributed by atoms with Crippen LogP contribution in [0.15, 0.2) is 0 Å². The Bertz CT molecular complexity index is 420. The highest BCUT2D eigenvalue weighted by Gasteiger charge is 2.46. The monoisotopic (exact) mass is 328 g/mol. The number of nitrogens with zero attached hydrogens (tertiary/aromatic N) is 1. The molecular weight excluding hydrogens is 308 g/mol. The van der Waals surface area contributed by atoms with Crippen molar-refractivity contribution in [2.45, 2.75) is 57.6 Å². The normalized spacial score (nSPS) is 23.1. The van der Waals surface area contributed by atoms with Crippen molar-refractivity contribution in [3.8, 4) is 0 Å². The fourth-order valence-electron chi connectivity index (χ4n) is 2.12. The van der Waals surface area contributed by atoms with Gasteiger partial charge in [-0.1, -0.05) is 0 Å². The van der Waals surface area contributed by atoms with Gasteiger partial charge in [0.2, 0.25) is 0 Å². The van der Waals surface area contributed by atoms with Gasteiger partial charge in [-0.25, -0.2) is 9.18 Å². The lowest BCUT2D eigenvalue weighted by Crippen LogP contribution is -2.56. The van der Waals surface area contributed by atoms with Crippen molar-refractivity contribution in [2.24, 2.45) is 0 Å². The Morgan fingerprint density at radius 2 is 1.82 bits per heavy atom. The molecule has 0 radical (unpaired) electrons. The molecule has 0 aromatic carbocycles. The van der Waals surface area contributed by atoms with E-state index in [4.69, 9.17) is 4.74 Å². The van der Waals surface area contributed by atoms with Gasteiger partial charge in [-0.3, -0.25) is 4.79 Å². The Morgan fingerprint density at radius 1 is 1.23 bits per heavy atom.